The highest BCUT2D eigenvalue weighted by molar-refractivity contribution is 5.98. The summed E-state index contributed by atoms with van der Waals surface area (Å²) < 4.78 is 0. The Hall–Kier alpha value is -1.78. The van der Waals surface area contributed by atoms with Crippen LogP contribution in [0.3, 0.4) is 0 Å². The van der Waals surface area contributed by atoms with E-state index in [1.165, 1.54) is 32.1 Å². The van der Waals surface area contributed by atoms with E-state index in [4.69, 9.17) is 11.5 Å². The standard InChI is InChI=1S/C14H22N4O/c15-10-8-12(13(16)19)14(17-9-10)18-11-6-4-2-1-3-5-7-11/h8-9,11H,1-7,15H2,(H2,16,19)(H,17,18). The first-order chi connectivity index (χ1) is 9.16. The number of pyridine rings is 1. The van der Waals surface area contributed by atoms with Gasteiger partial charge in [0.2, 0.25) is 0 Å². The van der Waals surface area contributed by atoms with Crippen LogP contribution in [-0.4, -0.2) is 16.9 Å². The predicted octanol–water partition coefficient (Wildman–Crippen LogP) is 2.29. The number of primary amides is 1. The van der Waals surface area contributed by atoms with Gasteiger partial charge in [-0.1, -0.05) is 32.1 Å². The molecule has 0 radical (unpaired) electrons. The van der Waals surface area contributed by atoms with Gasteiger partial charge >= 0.3 is 0 Å². The molecule has 0 spiro atoms. The van der Waals surface area contributed by atoms with Crippen molar-refractivity contribution in [3.05, 3.63) is 17.8 Å². The maximum atomic E-state index is 11.4. The van der Waals surface area contributed by atoms with Crippen molar-refractivity contribution in [1.82, 2.24) is 4.98 Å². The van der Waals surface area contributed by atoms with Gasteiger partial charge in [0.05, 0.1) is 17.4 Å². The SMILES string of the molecule is NC(=O)c1cc(N)cnc1NC1CCCCCCC1. The van der Waals surface area contributed by atoms with Gasteiger partial charge < -0.3 is 16.8 Å². The maximum absolute atomic E-state index is 11.4. The van der Waals surface area contributed by atoms with E-state index in [1.54, 1.807) is 12.3 Å². The Labute approximate surface area is 113 Å². The van der Waals surface area contributed by atoms with Crippen LogP contribution in [0.5, 0.6) is 0 Å². The average molecular weight is 262 g/mol. The molecule has 1 aliphatic carbocycles. The second kappa shape index (κ2) is 6.41. The molecule has 0 bridgehead atoms. The summed E-state index contributed by atoms with van der Waals surface area (Å²) in [6, 6.07) is 1.95. The second-order valence-corrected chi connectivity index (χ2v) is 5.22. The Balaban J connectivity index is 2.10. The molecule has 0 unspecified atom stereocenters. The van der Waals surface area contributed by atoms with Gasteiger partial charge in [-0.3, -0.25) is 4.79 Å². The molecular formula is C14H22N4O. The van der Waals surface area contributed by atoms with Gasteiger partial charge in [-0.2, -0.15) is 0 Å². The molecule has 1 aromatic rings. The summed E-state index contributed by atoms with van der Waals surface area (Å²) in [7, 11) is 0. The summed E-state index contributed by atoms with van der Waals surface area (Å²) in [5.74, 6) is 0.0698. The van der Waals surface area contributed by atoms with Crippen LogP contribution in [0.25, 0.3) is 0 Å². The minimum atomic E-state index is -0.492. The quantitative estimate of drug-likeness (QED) is 0.779. The van der Waals surface area contributed by atoms with E-state index in [9.17, 15) is 4.79 Å². The van der Waals surface area contributed by atoms with Crippen LogP contribution in [0.2, 0.25) is 0 Å². The number of anilines is 2. The molecule has 104 valence electrons. The molecule has 0 saturated heterocycles. The highest BCUT2D eigenvalue weighted by Gasteiger charge is 2.16. The molecule has 5 N–H and O–H groups in total. The summed E-state index contributed by atoms with van der Waals surface area (Å²) in [6.07, 6.45) is 10.1. The van der Waals surface area contributed by atoms with Gasteiger partial charge in [-0.15, -0.1) is 0 Å². The fourth-order valence-corrected chi connectivity index (χ4v) is 2.58. The van der Waals surface area contributed by atoms with Crippen LogP contribution >= 0.6 is 0 Å². The van der Waals surface area contributed by atoms with Crippen LogP contribution in [0, 0.1) is 0 Å². The first-order valence-corrected chi connectivity index (χ1v) is 6.98. The number of nitrogens with two attached hydrogens (primary N) is 2. The zero-order valence-corrected chi connectivity index (χ0v) is 11.2. The van der Waals surface area contributed by atoms with Crippen molar-refractivity contribution >= 4 is 17.4 Å². The lowest BCUT2D eigenvalue weighted by Gasteiger charge is -2.22. The van der Waals surface area contributed by atoms with Gasteiger partial charge in [0, 0.05) is 6.04 Å². The van der Waals surface area contributed by atoms with Crippen molar-refractivity contribution in [3.8, 4) is 0 Å². The molecule has 0 aliphatic heterocycles. The van der Waals surface area contributed by atoms with Crippen LogP contribution in [0.15, 0.2) is 12.3 Å². The molecule has 2 rings (SSSR count). The normalized spacial score (nSPS) is 17.5. The number of carbonyl (C=O) groups excluding carboxylic acids is 1. The summed E-state index contributed by atoms with van der Waals surface area (Å²) in [5.41, 5.74) is 11.8. The molecule has 1 heterocycles. The number of nitrogens with zero attached hydrogens (tertiary/aromatic N) is 1. The van der Waals surface area contributed by atoms with Crippen molar-refractivity contribution in [2.75, 3.05) is 11.1 Å². The third-order valence-corrected chi connectivity index (χ3v) is 3.62. The van der Waals surface area contributed by atoms with Crippen molar-refractivity contribution in [2.45, 2.75) is 51.0 Å². The van der Waals surface area contributed by atoms with E-state index < -0.39 is 5.91 Å². The Bertz CT molecular complexity index is 439. The second-order valence-electron chi connectivity index (χ2n) is 5.22. The third-order valence-electron chi connectivity index (χ3n) is 3.62. The number of rotatable bonds is 3. The summed E-state index contributed by atoms with van der Waals surface area (Å²) in [4.78, 5) is 15.6. The Morgan fingerprint density at radius 1 is 1.21 bits per heavy atom. The monoisotopic (exact) mass is 262 g/mol. The first-order valence-electron chi connectivity index (χ1n) is 6.98. The number of hydrogen-bond acceptors (Lipinski definition) is 4. The fraction of sp³-hybridized carbons (Fsp3) is 0.571. The average Bonchev–Trinajstić information content (AvgIpc) is 2.34. The Morgan fingerprint density at radius 2 is 1.84 bits per heavy atom. The van der Waals surface area contributed by atoms with Crippen LogP contribution in [-0.2, 0) is 0 Å². The van der Waals surface area contributed by atoms with E-state index in [1.807, 2.05) is 0 Å². The maximum Gasteiger partial charge on any atom is 0.252 e. The van der Waals surface area contributed by atoms with E-state index in [0.29, 0.717) is 23.1 Å². The molecule has 1 amide bonds. The minimum Gasteiger partial charge on any atom is -0.397 e. The molecule has 5 heteroatoms. The van der Waals surface area contributed by atoms with Crippen LogP contribution in [0.4, 0.5) is 11.5 Å². The van der Waals surface area contributed by atoms with E-state index in [2.05, 4.69) is 10.3 Å². The highest BCUT2D eigenvalue weighted by Crippen LogP contribution is 2.22. The lowest BCUT2D eigenvalue weighted by Crippen LogP contribution is -2.24. The van der Waals surface area contributed by atoms with Crippen molar-refractivity contribution in [1.29, 1.82) is 0 Å². The minimum absolute atomic E-state index is 0.370. The number of amides is 1. The molecule has 1 aromatic heterocycles. The first kappa shape index (κ1) is 13.6. The zero-order chi connectivity index (χ0) is 13.7. The highest BCUT2D eigenvalue weighted by atomic mass is 16.1. The van der Waals surface area contributed by atoms with Gasteiger partial charge in [-0.25, -0.2) is 4.98 Å². The Morgan fingerprint density at radius 3 is 2.47 bits per heavy atom. The number of nitrogen functional groups attached to an aromatic ring is 1. The molecule has 19 heavy (non-hydrogen) atoms. The zero-order valence-electron chi connectivity index (χ0n) is 11.2. The van der Waals surface area contributed by atoms with Crippen molar-refractivity contribution in [3.63, 3.8) is 0 Å². The number of carbonyl (C=O) groups is 1. The molecule has 1 fully saturated rings. The summed E-state index contributed by atoms with van der Waals surface area (Å²) >= 11 is 0. The van der Waals surface area contributed by atoms with Gasteiger partial charge in [0.15, 0.2) is 0 Å². The smallest absolute Gasteiger partial charge is 0.252 e. The van der Waals surface area contributed by atoms with Gasteiger partial charge in [0.25, 0.3) is 5.91 Å². The summed E-state index contributed by atoms with van der Waals surface area (Å²) in [5, 5.41) is 3.36. The van der Waals surface area contributed by atoms with Crippen molar-refractivity contribution < 1.29 is 4.79 Å². The van der Waals surface area contributed by atoms with Crippen LogP contribution in [0.1, 0.15) is 55.3 Å². The topological polar surface area (TPSA) is 94.0 Å². The fourth-order valence-electron chi connectivity index (χ4n) is 2.58. The van der Waals surface area contributed by atoms with E-state index in [-0.39, 0.29) is 0 Å². The van der Waals surface area contributed by atoms with Crippen molar-refractivity contribution in [2.24, 2.45) is 5.73 Å². The van der Waals surface area contributed by atoms with E-state index in [0.717, 1.165) is 12.8 Å². The lowest BCUT2D eigenvalue weighted by atomic mass is 9.96. The Kier molecular flexibility index (Phi) is 4.60. The van der Waals surface area contributed by atoms with Crippen LogP contribution < -0.4 is 16.8 Å². The molecule has 0 aromatic carbocycles. The molecule has 1 saturated carbocycles. The number of aromatic nitrogens is 1. The molecular weight excluding hydrogens is 240 g/mol. The number of hydrogen-bond donors (Lipinski definition) is 3. The number of nitrogens with one attached hydrogen (secondary N) is 1. The largest absolute Gasteiger partial charge is 0.397 e. The third kappa shape index (κ3) is 3.84. The molecule has 0 atom stereocenters. The summed E-state index contributed by atoms with van der Waals surface area (Å²) in [6.45, 7) is 0. The van der Waals surface area contributed by atoms with E-state index >= 15 is 0 Å². The predicted molar refractivity (Wildman–Crippen MR) is 76.9 cm³/mol. The van der Waals surface area contributed by atoms with Gasteiger partial charge in [-0.05, 0) is 18.9 Å². The lowest BCUT2D eigenvalue weighted by molar-refractivity contribution is 0.100. The molecule has 1 aliphatic rings. The molecule has 5 nitrogen and oxygen atoms in total. The van der Waals surface area contributed by atoms with Gasteiger partial charge in [0.1, 0.15) is 5.82 Å².